The topological polar surface area (TPSA) is 123 Å². The summed E-state index contributed by atoms with van der Waals surface area (Å²) in [5.41, 5.74) is 2.65. The van der Waals surface area contributed by atoms with Crippen LogP contribution in [0.25, 0.3) is 5.82 Å². The van der Waals surface area contributed by atoms with E-state index in [4.69, 9.17) is 10.00 Å². The molecule has 4 aromatic rings. The van der Waals surface area contributed by atoms with Crippen molar-refractivity contribution in [2.24, 2.45) is 0 Å². The van der Waals surface area contributed by atoms with Gasteiger partial charge in [0, 0.05) is 17.4 Å². The van der Waals surface area contributed by atoms with Gasteiger partial charge < -0.3 is 4.74 Å². The second-order valence-electron chi connectivity index (χ2n) is 6.88. The molecule has 9 nitrogen and oxygen atoms in total. The van der Waals surface area contributed by atoms with E-state index in [2.05, 4.69) is 19.9 Å². The maximum Gasteiger partial charge on any atom is 0.261 e. The van der Waals surface area contributed by atoms with Gasteiger partial charge in [0.05, 0.1) is 22.2 Å². The van der Waals surface area contributed by atoms with Crippen molar-refractivity contribution in [1.29, 1.82) is 5.26 Å². The van der Waals surface area contributed by atoms with Crippen molar-refractivity contribution < 1.29 is 13.2 Å². The van der Waals surface area contributed by atoms with Crippen LogP contribution in [0.1, 0.15) is 17.0 Å². The Morgan fingerprint density at radius 2 is 1.69 bits per heavy atom. The van der Waals surface area contributed by atoms with Crippen molar-refractivity contribution >= 4 is 15.7 Å². The minimum absolute atomic E-state index is 0.0653. The number of imidazole rings is 1. The van der Waals surface area contributed by atoms with Gasteiger partial charge in [-0.1, -0.05) is 0 Å². The van der Waals surface area contributed by atoms with Crippen molar-refractivity contribution in [3.05, 3.63) is 83.9 Å². The first-order valence-corrected chi connectivity index (χ1v) is 11.0. The molecule has 0 atom stereocenters. The molecule has 0 fully saturated rings. The van der Waals surface area contributed by atoms with E-state index >= 15 is 0 Å². The van der Waals surface area contributed by atoms with Crippen molar-refractivity contribution in [1.82, 2.24) is 19.7 Å². The Kier molecular flexibility index (Phi) is 5.57. The van der Waals surface area contributed by atoms with Crippen LogP contribution in [0.3, 0.4) is 0 Å². The van der Waals surface area contributed by atoms with Crippen LogP contribution in [0.4, 0.5) is 5.69 Å². The maximum atomic E-state index is 12.5. The van der Waals surface area contributed by atoms with Crippen LogP contribution in [-0.2, 0) is 10.0 Å². The predicted molar refractivity (Wildman–Crippen MR) is 117 cm³/mol. The number of aromatic nitrogens is 4. The Hall–Kier alpha value is -4.23. The van der Waals surface area contributed by atoms with Crippen molar-refractivity contribution in [3.8, 4) is 23.5 Å². The van der Waals surface area contributed by atoms with Gasteiger partial charge in [0.1, 0.15) is 12.1 Å². The van der Waals surface area contributed by atoms with Crippen molar-refractivity contribution in [2.45, 2.75) is 18.7 Å². The van der Waals surface area contributed by atoms with E-state index in [0.29, 0.717) is 28.7 Å². The van der Waals surface area contributed by atoms with Crippen LogP contribution in [0.5, 0.6) is 11.6 Å². The largest absolute Gasteiger partial charge is 0.438 e. The van der Waals surface area contributed by atoms with Crippen LogP contribution in [-0.4, -0.2) is 28.2 Å². The number of anilines is 1. The lowest BCUT2D eigenvalue weighted by Gasteiger charge is -2.10. The monoisotopic (exact) mass is 446 g/mol. The van der Waals surface area contributed by atoms with Gasteiger partial charge in [-0.2, -0.15) is 5.26 Å². The second-order valence-corrected chi connectivity index (χ2v) is 8.57. The number of nitrogens with zero attached hydrogens (tertiary/aromatic N) is 5. The number of benzene rings is 2. The highest BCUT2D eigenvalue weighted by atomic mass is 32.2. The van der Waals surface area contributed by atoms with E-state index < -0.39 is 10.0 Å². The summed E-state index contributed by atoms with van der Waals surface area (Å²) in [7, 11) is -3.77. The van der Waals surface area contributed by atoms with Gasteiger partial charge in [-0.05, 0) is 68.4 Å². The number of ether oxygens (including phenoxy) is 1. The third-order valence-electron chi connectivity index (χ3n) is 4.75. The second kappa shape index (κ2) is 8.49. The number of hydrogen-bond acceptors (Lipinski definition) is 7. The molecule has 0 aliphatic heterocycles. The first kappa shape index (κ1) is 21.0. The Morgan fingerprint density at radius 1 is 0.969 bits per heavy atom. The number of nitrogens with one attached hydrogen (secondary N) is 1. The van der Waals surface area contributed by atoms with Gasteiger partial charge >= 0.3 is 0 Å². The standard InChI is InChI=1S/C22H18N6O3S/c1-15-16(2)28(14-24-15)21-11-12-22(26-25-21)31-19-7-5-18(6-8-19)27-32(29,30)20-9-3-17(13-23)4-10-20/h3-12,14,27H,1-2H3. The summed E-state index contributed by atoms with van der Waals surface area (Å²) in [6.07, 6.45) is 1.69. The predicted octanol–water partition coefficient (Wildman–Crippen LogP) is 3.74. The zero-order valence-electron chi connectivity index (χ0n) is 17.2. The third kappa shape index (κ3) is 4.43. The Balaban J connectivity index is 1.43. The lowest BCUT2D eigenvalue weighted by molar-refractivity contribution is 0.454. The van der Waals surface area contributed by atoms with E-state index in [-0.39, 0.29) is 4.90 Å². The molecule has 10 heteroatoms. The lowest BCUT2D eigenvalue weighted by atomic mass is 10.2. The minimum Gasteiger partial charge on any atom is -0.438 e. The number of nitriles is 1. The molecule has 0 aliphatic carbocycles. The van der Waals surface area contributed by atoms with Gasteiger partial charge in [-0.3, -0.25) is 9.29 Å². The fourth-order valence-corrected chi connectivity index (χ4v) is 3.92. The normalized spacial score (nSPS) is 11.0. The fraction of sp³-hybridized carbons (Fsp3) is 0.0909. The molecule has 2 heterocycles. The number of rotatable bonds is 6. The zero-order chi connectivity index (χ0) is 22.7. The van der Waals surface area contributed by atoms with Gasteiger partial charge in [0.15, 0.2) is 5.82 Å². The molecule has 0 bridgehead atoms. The summed E-state index contributed by atoms with van der Waals surface area (Å²) < 4.78 is 35.0. The van der Waals surface area contributed by atoms with E-state index in [1.807, 2.05) is 24.5 Å². The van der Waals surface area contributed by atoms with Crippen LogP contribution < -0.4 is 9.46 Å². The minimum atomic E-state index is -3.77. The first-order chi connectivity index (χ1) is 15.4. The van der Waals surface area contributed by atoms with E-state index in [0.717, 1.165) is 11.4 Å². The summed E-state index contributed by atoms with van der Waals surface area (Å²) in [6, 6.07) is 17.5. The molecule has 160 valence electrons. The molecule has 32 heavy (non-hydrogen) atoms. The van der Waals surface area contributed by atoms with Crippen molar-refractivity contribution in [3.63, 3.8) is 0 Å². The molecule has 1 N–H and O–H groups in total. The SMILES string of the molecule is Cc1ncn(-c2ccc(Oc3ccc(NS(=O)(=O)c4ccc(C#N)cc4)cc3)nn2)c1C. The molecule has 2 aromatic heterocycles. The molecule has 4 rings (SSSR count). The molecule has 0 amide bonds. The van der Waals surface area contributed by atoms with Gasteiger partial charge in [0.25, 0.3) is 10.0 Å². The summed E-state index contributed by atoms with van der Waals surface area (Å²) in [5, 5.41) is 17.1. The zero-order valence-corrected chi connectivity index (χ0v) is 18.0. The third-order valence-corrected chi connectivity index (χ3v) is 6.14. The van der Waals surface area contributed by atoms with Crippen LogP contribution in [0.15, 0.2) is 71.9 Å². The quantitative estimate of drug-likeness (QED) is 0.478. The Bertz CT molecular complexity index is 1390. The number of aryl methyl sites for hydroxylation is 1. The molecule has 0 aliphatic rings. The summed E-state index contributed by atoms with van der Waals surface area (Å²) >= 11 is 0. The fourth-order valence-electron chi connectivity index (χ4n) is 2.86. The van der Waals surface area contributed by atoms with E-state index in [1.165, 1.54) is 24.3 Å². The van der Waals surface area contributed by atoms with Crippen LogP contribution >= 0.6 is 0 Å². The van der Waals surface area contributed by atoms with Gasteiger partial charge in [-0.25, -0.2) is 13.4 Å². The molecule has 0 radical (unpaired) electrons. The molecule has 0 unspecified atom stereocenters. The number of sulfonamides is 1. The summed E-state index contributed by atoms with van der Waals surface area (Å²) in [4.78, 5) is 4.31. The molecule has 2 aromatic carbocycles. The average molecular weight is 446 g/mol. The molecular weight excluding hydrogens is 428 g/mol. The highest BCUT2D eigenvalue weighted by molar-refractivity contribution is 7.92. The lowest BCUT2D eigenvalue weighted by Crippen LogP contribution is -2.12. The smallest absolute Gasteiger partial charge is 0.261 e. The average Bonchev–Trinajstić information content (AvgIpc) is 3.14. The molecule has 0 saturated heterocycles. The highest BCUT2D eigenvalue weighted by Gasteiger charge is 2.14. The first-order valence-electron chi connectivity index (χ1n) is 9.51. The van der Waals surface area contributed by atoms with Gasteiger partial charge in [-0.15, -0.1) is 10.2 Å². The van der Waals surface area contributed by atoms with E-state index in [9.17, 15) is 8.42 Å². The molecule has 0 saturated carbocycles. The summed E-state index contributed by atoms with van der Waals surface area (Å²) in [5.74, 6) is 1.40. The maximum absolute atomic E-state index is 12.5. The Morgan fingerprint density at radius 3 is 2.25 bits per heavy atom. The van der Waals surface area contributed by atoms with Crippen molar-refractivity contribution in [2.75, 3.05) is 4.72 Å². The Labute approximate surface area is 185 Å². The summed E-state index contributed by atoms with van der Waals surface area (Å²) in [6.45, 7) is 3.87. The van der Waals surface area contributed by atoms with Crippen LogP contribution in [0.2, 0.25) is 0 Å². The molecular formula is C22H18N6O3S. The van der Waals surface area contributed by atoms with Crippen LogP contribution in [0, 0.1) is 25.2 Å². The van der Waals surface area contributed by atoms with E-state index in [1.54, 1.807) is 42.7 Å². The van der Waals surface area contributed by atoms with Gasteiger partial charge in [0.2, 0.25) is 5.88 Å². The number of hydrogen-bond donors (Lipinski definition) is 1. The molecule has 0 spiro atoms. The highest BCUT2D eigenvalue weighted by Crippen LogP contribution is 2.23.